The van der Waals surface area contributed by atoms with Crippen LogP contribution in [0.1, 0.15) is 17.5 Å². The zero-order valence-electron chi connectivity index (χ0n) is 11.8. The number of halogens is 1. The molecule has 0 aliphatic heterocycles. The van der Waals surface area contributed by atoms with E-state index in [1.807, 2.05) is 37.3 Å². The number of ether oxygens (including phenoxy) is 2. The van der Waals surface area contributed by atoms with Crippen molar-refractivity contribution >= 4 is 11.6 Å². The lowest BCUT2D eigenvalue weighted by Gasteiger charge is -2.10. The zero-order chi connectivity index (χ0) is 15.1. The van der Waals surface area contributed by atoms with Crippen LogP contribution in [0.3, 0.4) is 0 Å². The third kappa shape index (κ3) is 4.70. The standard InChI is InChI=1S/C17H16ClNO2/c1-13-10-15(18)6-7-17(13)21-9-3-8-20-16-5-2-4-14(11-16)12-19/h2,4-7,10-11H,3,8-9H2,1H3. The minimum absolute atomic E-state index is 0.543. The van der Waals surface area contributed by atoms with Crippen molar-refractivity contribution in [3.8, 4) is 17.6 Å². The van der Waals surface area contributed by atoms with Crippen molar-refractivity contribution in [1.29, 1.82) is 5.26 Å². The lowest BCUT2D eigenvalue weighted by atomic mass is 10.2. The maximum Gasteiger partial charge on any atom is 0.122 e. The molecule has 0 saturated heterocycles. The normalized spacial score (nSPS) is 9.95. The molecule has 21 heavy (non-hydrogen) atoms. The molecule has 2 rings (SSSR count). The van der Waals surface area contributed by atoms with Gasteiger partial charge in [0, 0.05) is 11.4 Å². The molecule has 0 saturated carbocycles. The van der Waals surface area contributed by atoms with E-state index in [1.54, 1.807) is 12.1 Å². The molecular formula is C17H16ClNO2. The molecule has 2 aromatic rings. The second-order valence-electron chi connectivity index (χ2n) is 4.60. The molecule has 0 radical (unpaired) electrons. The molecule has 0 bridgehead atoms. The highest BCUT2D eigenvalue weighted by molar-refractivity contribution is 6.30. The van der Waals surface area contributed by atoms with Crippen LogP contribution >= 0.6 is 11.6 Å². The first kappa shape index (κ1) is 15.2. The van der Waals surface area contributed by atoms with Gasteiger partial charge in [-0.05, 0) is 48.9 Å². The Morgan fingerprint density at radius 1 is 1.10 bits per heavy atom. The first-order chi connectivity index (χ1) is 10.2. The average Bonchev–Trinajstić information content (AvgIpc) is 2.49. The van der Waals surface area contributed by atoms with E-state index in [2.05, 4.69) is 6.07 Å². The minimum Gasteiger partial charge on any atom is -0.493 e. The lowest BCUT2D eigenvalue weighted by molar-refractivity contribution is 0.246. The molecule has 0 heterocycles. The number of aryl methyl sites for hydroxylation is 1. The van der Waals surface area contributed by atoms with Crippen molar-refractivity contribution in [1.82, 2.24) is 0 Å². The Morgan fingerprint density at radius 3 is 2.67 bits per heavy atom. The summed E-state index contributed by atoms with van der Waals surface area (Å²) in [4.78, 5) is 0. The summed E-state index contributed by atoms with van der Waals surface area (Å²) in [6.45, 7) is 3.08. The Labute approximate surface area is 129 Å². The summed E-state index contributed by atoms with van der Waals surface area (Å²) in [6.07, 6.45) is 0.763. The summed E-state index contributed by atoms with van der Waals surface area (Å²) < 4.78 is 11.3. The Bertz CT molecular complexity index is 649. The largest absolute Gasteiger partial charge is 0.493 e. The summed E-state index contributed by atoms with van der Waals surface area (Å²) in [5, 5.41) is 9.52. The monoisotopic (exact) mass is 301 g/mol. The van der Waals surface area contributed by atoms with E-state index >= 15 is 0 Å². The van der Waals surface area contributed by atoms with Crippen LogP contribution in [0, 0.1) is 18.3 Å². The minimum atomic E-state index is 0.543. The average molecular weight is 302 g/mol. The van der Waals surface area contributed by atoms with Gasteiger partial charge in [-0.2, -0.15) is 5.26 Å². The van der Waals surface area contributed by atoms with Crippen molar-refractivity contribution in [2.75, 3.05) is 13.2 Å². The third-order valence-electron chi connectivity index (χ3n) is 2.92. The van der Waals surface area contributed by atoms with Gasteiger partial charge in [-0.15, -0.1) is 0 Å². The molecule has 3 nitrogen and oxygen atoms in total. The van der Waals surface area contributed by atoms with Gasteiger partial charge in [0.1, 0.15) is 11.5 Å². The van der Waals surface area contributed by atoms with E-state index in [0.29, 0.717) is 29.5 Å². The van der Waals surface area contributed by atoms with Crippen LogP contribution in [0.5, 0.6) is 11.5 Å². The predicted molar refractivity (Wildman–Crippen MR) is 83.0 cm³/mol. The third-order valence-corrected chi connectivity index (χ3v) is 3.15. The summed E-state index contributed by atoms with van der Waals surface area (Å²) in [5.41, 5.74) is 1.62. The molecule has 2 aromatic carbocycles. The number of hydrogen-bond acceptors (Lipinski definition) is 3. The Kier molecular flexibility index (Phi) is 5.48. The predicted octanol–water partition coefficient (Wildman–Crippen LogP) is 4.37. The van der Waals surface area contributed by atoms with Crippen molar-refractivity contribution in [2.45, 2.75) is 13.3 Å². The molecule has 0 amide bonds. The fourth-order valence-corrected chi connectivity index (χ4v) is 2.09. The molecule has 0 aromatic heterocycles. The van der Waals surface area contributed by atoms with Gasteiger partial charge in [-0.25, -0.2) is 0 Å². The molecule has 0 N–H and O–H groups in total. The first-order valence-corrected chi connectivity index (χ1v) is 7.09. The number of nitriles is 1. The Morgan fingerprint density at radius 2 is 1.90 bits per heavy atom. The van der Waals surface area contributed by atoms with Crippen molar-refractivity contribution in [3.05, 3.63) is 58.6 Å². The van der Waals surface area contributed by atoms with E-state index in [0.717, 1.165) is 17.7 Å². The van der Waals surface area contributed by atoms with Gasteiger partial charge in [-0.3, -0.25) is 0 Å². The lowest BCUT2D eigenvalue weighted by Crippen LogP contribution is -2.05. The number of nitrogens with zero attached hydrogens (tertiary/aromatic N) is 1. The van der Waals surface area contributed by atoms with E-state index < -0.39 is 0 Å². The van der Waals surface area contributed by atoms with E-state index in [9.17, 15) is 0 Å². The highest BCUT2D eigenvalue weighted by Gasteiger charge is 2.01. The van der Waals surface area contributed by atoms with Crippen LogP contribution in [0.4, 0.5) is 0 Å². The van der Waals surface area contributed by atoms with Crippen LogP contribution in [-0.4, -0.2) is 13.2 Å². The summed E-state index contributed by atoms with van der Waals surface area (Å²) >= 11 is 5.89. The van der Waals surface area contributed by atoms with Crippen LogP contribution < -0.4 is 9.47 Å². The fraction of sp³-hybridized carbons (Fsp3) is 0.235. The molecule has 4 heteroatoms. The van der Waals surface area contributed by atoms with Crippen LogP contribution in [0.25, 0.3) is 0 Å². The van der Waals surface area contributed by atoms with Crippen LogP contribution in [0.2, 0.25) is 5.02 Å². The number of benzene rings is 2. The molecule has 0 aliphatic carbocycles. The Balaban J connectivity index is 1.74. The smallest absolute Gasteiger partial charge is 0.122 e. The molecule has 0 fully saturated rings. The summed E-state index contributed by atoms with van der Waals surface area (Å²) in [5.74, 6) is 1.54. The van der Waals surface area contributed by atoms with Gasteiger partial charge in [-0.1, -0.05) is 17.7 Å². The molecular weight excluding hydrogens is 286 g/mol. The van der Waals surface area contributed by atoms with Crippen molar-refractivity contribution in [2.24, 2.45) is 0 Å². The van der Waals surface area contributed by atoms with Gasteiger partial charge in [0.2, 0.25) is 0 Å². The van der Waals surface area contributed by atoms with Crippen LogP contribution in [0.15, 0.2) is 42.5 Å². The summed E-state index contributed by atoms with van der Waals surface area (Å²) in [6, 6.07) is 14.8. The van der Waals surface area contributed by atoms with Gasteiger partial charge in [0.25, 0.3) is 0 Å². The quantitative estimate of drug-likeness (QED) is 0.744. The number of rotatable bonds is 6. The summed E-state index contributed by atoms with van der Waals surface area (Å²) in [7, 11) is 0. The first-order valence-electron chi connectivity index (χ1n) is 6.71. The second-order valence-corrected chi connectivity index (χ2v) is 5.04. The van der Waals surface area contributed by atoms with Crippen molar-refractivity contribution in [3.63, 3.8) is 0 Å². The molecule has 0 aliphatic rings. The van der Waals surface area contributed by atoms with Gasteiger partial charge in [0.15, 0.2) is 0 Å². The second kappa shape index (κ2) is 7.56. The van der Waals surface area contributed by atoms with Crippen molar-refractivity contribution < 1.29 is 9.47 Å². The molecule has 0 unspecified atom stereocenters. The zero-order valence-corrected chi connectivity index (χ0v) is 12.6. The maximum atomic E-state index is 8.81. The molecule has 108 valence electrons. The van der Waals surface area contributed by atoms with Crippen LogP contribution in [-0.2, 0) is 0 Å². The number of hydrogen-bond donors (Lipinski definition) is 0. The van der Waals surface area contributed by atoms with Gasteiger partial charge in [0.05, 0.1) is 24.8 Å². The highest BCUT2D eigenvalue weighted by Crippen LogP contribution is 2.21. The van der Waals surface area contributed by atoms with E-state index in [-0.39, 0.29) is 0 Å². The van der Waals surface area contributed by atoms with Gasteiger partial charge < -0.3 is 9.47 Å². The fourth-order valence-electron chi connectivity index (χ4n) is 1.86. The SMILES string of the molecule is Cc1cc(Cl)ccc1OCCCOc1cccc(C#N)c1. The Hall–Kier alpha value is -2.18. The highest BCUT2D eigenvalue weighted by atomic mass is 35.5. The molecule has 0 atom stereocenters. The van der Waals surface area contributed by atoms with E-state index in [4.69, 9.17) is 26.3 Å². The van der Waals surface area contributed by atoms with E-state index in [1.165, 1.54) is 0 Å². The maximum absolute atomic E-state index is 8.81. The topological polar surface area (TPSA) is 42.2 Å². The molecule has 0 spiro atoms. The van der Waals surface area contributed by atoms with Gasteiger partial charge >= 0.3 is 0 Å².